The van der Waals surface area contributed by atoms with Crippen LogP contribution in [-0.4, -0.2) is 55.8 Å². The number of thioether (sulfide) groups is 1. The molecule has 1 rings (SSSR count). The lowest BCUT2D eigenvalue weighted by atomic mass is 9.95. The van der Waals surface area contributed by atoms with Gasteiger partial charge in [0.1, 0.15) is 0 Å². The van der Waals surface area contributed by atoms with E-state index in [1.54, 1.807) is 0 Å². The van der Waals surface area contributed by atoms with E-state index in [2.05, 4.69) is 25.1 Å². The van der Waals surface area contributed by atoms with Crippen LogP contribution in [0.5, 0.6) is 0 Å². The summed E-state index contributed by atoms with van der Waals surface area (Å²) in [5, 5.41) is 0. The second kappa shape index (κ2) is 7.54. The zero-order valence-electron chi connectivity index (χ0n) is 10.8. The molecule has 1 heterocycles. The molecular formula is C12H26N2OS. The first-order valence-corrected chi connectivity index (χ1v) is 7.60. The highest BCUT2D eigenvalue weighted by molar-refractivity contribution is 7.98. The van der Waals surface area contributed by atoms with E-state index >= 15 is 0 Å². The first-order valence-electron chi connectivity index (χ1n) is 6.21. The van der Waals surface area contributed by atoms with E-state index in [-0.39, 0.29) is 0 Å². The van der Waals surface area contributed by atoms with Gasteiger partial charge in [-0.05, 0) is 26.1 Å². The molecule has 1 fully saturated rings. The maximum Gasteiger partial charge on any atom is 0.0521 e. The number of hydrogen-bond acceptors (Lipinski definition) is 4. The number of hydrogen-bond donors (Lipinski definition) is 1. The van der Waals surface area contributed by atoms with Crippen LogP contribution in [0.4, 0.5) is 0 Å². The molecule has 96 valence electrons. The maximum atomic E-state index is 6.13. The second-order valence-electron chi connectivity index (χ2n) is 4.74. The fourth-order valence-corrected chi connectivity index (χ4v) is 3.14. The van der Waals surface area contributed by atoms with Crippen LogP contribution in [0.1, 0.15) is 19.8 Å². The summed E-state index contributed by atoms with van der Waals surface area (Å²) in [5.74, 6) is 1.71. The van der Waals surface area contributed by atoms with Gasteiger partial charge in [0.25, 0.3) is 0 Å². The largest absolute Gasteiger partial charge is 0.381 e. The molecule has 16 heavy (non-hydrogen) atoms. The SMILES string of the molecule is CCC(CSC)N(C)CC1COCCC1N. The van der Waals surface area contributed by atoms with E-state index in [9.17, 15) is 0 Å². The average molecular weight is 246 g/mol. The van der Waals surface area contributed by atoms with Gasteiger partial charge in [0.05, 0.1) is 6.61 Å². The van der Waals surface area contributed by atoms with E-state index in [1.807, 2.05) is 11.8 Å². The quantitative estimate of drug-likeness (QED) is 0.769. The average Bonchev–Trinajstić information content (AvgIpc) is 2.29. The Morgan fingerprint density at radius 2 is 2.31 bits per heavy atom. The Bertz CT molecular complexity index is 192. The van der Waals surface area contributed by atoms with Gasteiger partial charge in [0.15, 0.2) is 0 Å². The minimum atomic E-state index is 0.322. The fraction of sp³-hybridized carbons (Fsp3) is 1.00. The van der Waals surface area contributed by atoms with Crippen molar-refractivity contribution in [2.24, 2.45) is 11.7 Å². The molecule has 0 radical (unpaired) electrons. The molecule has 1 saturated heterocycles. The van der Waals surface area contributed by atoms with Crippen LogP contribution < -0.4 is 5.73 Å². The van der Waals surface area contributed by atoms with Gasteiger partial charge in [-0.3, -0.25) is 0 Å². The minimum Gasteiger partial charge on any atom is -0.381 e. The predicted octanol–water partition coefficient (Wildman–Crippen LogP) is 1.42. The van der Waals surface area contributed by atoms with Crippen molar-refractivity contribution in [2.45, 2.75) is 31.8 Å². The molecule has 0 aliphatic carbocycles. The van der Waals surface area contributed by atoms with Crippen LogP contribution in [0.3, 0.4) is 0 Å². The zero-order chi connectivity index (χ0) is 12.0. The molecule has 0 aromatic carbocycles. The van der Waals surface area contributed by atoms with Crippen molar-refractivity contribution in [2.75, 3.05) is 38.8 Å². The van der Waals surface area contributed by atoms with Gasteiger partial charge in [-0.2, -0.15) is 11.8 Å². The Morgan fingerprint density at radius 1 is 1.56 bits per heavy atom. The monoisotopic (exact) mass is 246 g/mol. The molecule has 0 bridgehead atoms. The molecule has 3 unspecified atom stereocenters. The summed E-state index contributed by atoms with van der Waals surface area (Å²) in [4.78, 5) is 2.45. The maximum absolute atomic E-state index is 6.13. The predicted molar refractivity (Wildman–Crippen MR) is 72.0 cm³/mol. The van der Waals surface area contributed by atoms with Gasteiger partial charge < -0.3 is 15.4 Å². The highest BCUT2D eigenvalue weighted by atomic mass is 32.2. The fourth-order valence-electron chi connectivity index (χ4n) is 2.27. The molecule has 0 aromatic rings. The van der Waals surface area contributed by atoms with Crippen molar-refractivity contribution < 1.29 is 4.74 Å². The van der Waals surface area contributed by atoms with Gasteiger partial charge in [0.2, 0.25) is 0 Å². The van der Waals surface area contributed by atoms with Crippen LogP contribution in [0.15, 0.2) is 0 Å². The summed E-state index contributed by atoms with van der Waals surface area (Å²) in [6, 6.07) is 0.993. The van der Waals surface area contributed by atoms with Gasteiger partial charge in [-0.1, -0.05) is 6.92 Å². The van der Waals surface area contributed by atoms with E-state index in [4.69, 9.17) is 10.5 Å². The summed E-state index contributed by atoms with van der Waals surface area (Å²) < 4.78 is 5.51. The first kappa shape index (κ1) is 14.3. The smallest absolute Gasteiger partial charge is 0.0521 e. The van der Waals surface area contributed by atoms with E-state index < -0.39 is 0 Å². The Balaban J connectivity index is 2.38. The zero-order valence-corrected chi connectivity index (χ0v) is 11.6. The van der Waals surface area contributed by atoms with Crippen LogP contribution in [0.25, 0.3) is 0 Å². The normalized spacial score (nSPS) is 28.3. The number of rotatable bonds is 6. The lowest BCUT2D eigenvalue weighted by Gasteiger charge is -2.35. The van der Waals surface area contributed by atoms with Crippen molar-refractivity contribution in [3.63, 3.8) is 0 Å². The van der Waals surface area contributed by atoms with Crippen molar-refractivity contribution in [3.8, 4) is 0 Å². The Labute approximate surface area is 104 Å². The van der Waals surface area contributed by atoms with Gasteiger partial charge in [-0.25, -0.2) is 0 Å². The van der Waals surface area contributed by atoms with Gasteiger partial charge >= 0.3 is 0 Å². The molecule has 1 aliphatic rings. The van der Waals surface area contributed by atoms with Crippen molar-refractivity contribution in [1.29, 1.82) is 0 Å². The molecule has 0 amide bonds. The van der Waals surface area contributed by atoms with Crippen molar-refractivity contribution in [1.82, 2.24) is 4.90 Å². The number of ether oxygens (including phenoxy) is 1. The van der Waals surface area contributed by atoms with E-state index in [0.717, 1.165) is 26.2 Å². The second-order valence-corrected chi connectivity index (χ2v) is 5.66. The summed E-state index contributed by atoms with van der Waals surface area (Å²) >= 11 is 1.92. The number of nitrogens with two attached hydrogens (primary N) is 1. The molecule has 0 aromatic heterocycles. The van der Waals surface area contributed by atoms with Crippen LogP contribution in [0, 0.1) is 5.92 Å². The van der Waals surface area contributed by atoms with Crippen molar-refractivity contribution >= 4 is 11.8 Å². The highest BCUT2D eigenvalue weighted by Gasteiger charge is 2.25. The van der Waals surface area contributed by atoms with Crippen molar-refractivity contribution in [3.05, 3.63) is 0 Å². The Morgan fingerprint density at radius 3 is 2.88 bits per heavy atom. The third kappa shape index (κ3) is 4.24. The topological polar surface area (TPSA) is 38.5 Å². The minimum absolute atomic E-state index is 0.322. The molecular weight excluding hydrogens is 220 g/mol. The van der Waals surface area contributed by atoms with E-state index in [0.29, 0.717) is 18.0 Å². The molecule has 3 atom stereocenters. The summed E-state index contributed by atoms with van der Waals surface area (Å²) in [6.45, 7) is 5.00. The summed E-state index contributed by atoms with van der Waals surface area (Å²) in [6.07, 6.45) is 4.39. The molecule has 3 nitrogen and oxygen atoms in total. The van der Waals surface area contributed by atoms with E-state index in [1.165, 1.54) is 12.2 Å². The lowest BCUT2D eigenvalue weighted by Crippen LogP contribution is -2.47. The van der Waals surface area contributed by atoms with Crippen LogP contribution in [0.2, 0.25) is 0 Å². The third-order valence-electron chi connectivity index (χ3n) is 3.51. The van der Waals surface area contributed by atoms with Crippen LogP contribution in [-0.2, 0) is 4.74 Å². The third-order valence-corrected chi connectivity index (χ3v) is 4.23. The molecule has 0 saturated carbocycles. The molecule has 1 aliphatic heterocycles. The Kier molecular flexibility index (Phi) is 6.73. The van der Waals surface area contributed by atoms with Crippen LogP contribution >= 0.6 is 11.8 Å². The molecule has 2 N–H and O–H groups in total. The Hall–Kier alpha value is 0.230. The van der Waals surface area contributed by atoms with Gasteiger partial charge in [0, 0.05) is 36.9 Å². The molecule has 0 spiro atoms. The number of nitrogens with zero attached hydrogens (tertiary/aromatic N) is 1. The van der Waals surface area contributed by atoms with Gasteiger partial charge in [-0.15, -0.1) is 0 Å². The standard InChI is InChI=1S/C12H26N2OS/c1-4-11(9-16-3)14(2)7-10-8-15-6-5-12(10)13/h10-12H,4-9,13H2,1-3H3. The highest BCUT2D eigenvalue weighted by Crippen LogP contribution is 2.16. The summed E-state index contributed by atoms with van der Waals surface area (Å²) in [7, 11) is 2.21. The summed E-state index contributed by atoms with van der Waals surface area (Å²) in [5.41, 5.74) is 6.13. The first-order chi connectivity index (χ1) is 7.69. The lowest BCUT2D eigenvalue weighted by molar-refractivity contribution is 0.0250. The molecule has 4 heteroatoms.